The summed E-state index contributed by atoms with van der Waals surface area (Å²) in [6.45, 7) is 2.93. The van der Waals surface area contributed by atoms with E-state index in [4.69, 9.17) is 0 Å². The fourth-order valence-corrected chi connectivity index (χ4v) is 3.32. The third-order valence-corrected chi connectivity index (χ3v) is 4.92. The van der Waals surface area contributed by atoms with E-state index in [1.54, 1.807) is 36.7 Å². The van der Waals surface area contributed by atoms with Crippen LogP contribution >= 0.6 is 0 Å². The molecule has 4 N–H and O–H groups in total. The average molecular weight is 481 g/mol. The minimum Gasteiger partial charge on any atom is -0.326 e. The van der Waals surface area contributed by atoms with Crippen LogP contribution in [0.4, 0.5) is 23.0 Å². The highest BCUT2D eigenvalue weighted by Crippen LogP contribution is 2.26. The summed E-state index contributed by atoms with van der Waals surface area (Å²) in [5, 5.41) is 24.1. The highest BCUT2D eigenvalue weighted by molar-refractivity contribution is 5.98. The smallest absolute Gasteiger partial charge is 0.221 e. The summed E-state index contributed by atoms with van der Waals surface area (Å²) >= 11 is 0. The molecule has 0 atom stereocenters. The molecule has 180 valence electrons. The first kappa shape index (κ1) is 24.0. The van der Waals surface area contributed by atoms with E-state index in [0.717, 1.165) is 33.3 Å². The molecule has 0 saturated heterocycles. The van der Waals surface area contributed by atoms with Crippen molar-refractivity contribution in [2.45, 2.75) is 13.8 Å². The van der Waals surface area contributed by atoms with Crippen LogP contribution in [-0.4, -0.2) is 34.4 Å². The number of carbonyl (C=O) groups excluding carboxylic acids is 2. The summed E-state index contributed by atoms with van der Waals surface area (Å²) in [5.74, 6) is 0.758. The van der Waals surface area contributed by atoms with Crippen LogP contribution in [0.2, 0.25) is 0 Å². The minimum absolute atomic E-state index is 0.121. The number of benzene rings is 3. The maximum absolute atomic E-state index is 11.1. The number of nitrogens with one attached hydrogen (secondary N) is 4. The lowest BCUT2D eigenvalue weighted by atomic mass is 10.2. The number of hydrogen-bond acceptors (Lipinski definition) is 8. The lowest BCUT2D eigenvalue weighted by molar-refractivity contribution is -0.115. The van der Waals surface area contributed by atoms with E-state index in [1.807, 2.05) is 48.5 Å². The van der Waals surface area contributed by atoms with Crippen LogP contribution in [0.3, 0.4) is 0 Å². The molecule has 4 rings (SSSR count). The van der Waals surface area contributed by atoms with E-state index < -0.39 is 0 Å². The van der Waals surface area contributed by atoms with Gasteiger partial charge in [-0.2, -0.15) is 10.2 Å². The Labute approximate surface area is 207 Å². The molecule has 0 unspecified atom stereocenters. The summed E-state index contributed by atoms with van der Waals surface area (Å²) in [4.78, 5) is 22.3. The normalized spacial score (nSPS) is 11.1. The van der Waals surface area contributed by atoms with Crippen LogP contribution in [0.5, 0.6) is 0 Å². The quantitative estimate of drug-likeness (QED) is 0.218. The number of hydrogen-bond donors (Lipinski definition) is 4. The first-order valence-corrected chi connectivity index (χ1v) is 11.1. The molecule has 1 aromatic heterocycles. The molecule has 0 aliphatic carbocycles. The van der Waals surface area contributed by atoms with Gasteiger partial charge in [0.25, 0.3) is 0 Å². The van der Waals surface area contributed by atoms with Crippen molar-refractivity contribution in [2.24, 2.45) is 10.2 Å². The zero-order chi connectivity index (χ0) is 25.3. The molecule has 10 nitrogen and oxygen atoms in total. The van der Waals surface area contributed by atoms with Gasteiger partial charge in [-0.1, -0.05) is 48.5 Å². The molecule has 0 bridgehead atoms. The number of aromatic nitrogens is 2. The Morgan fingerprint density at radius 1 is 0.639 bits per heavy atom. The largest absolute Gasteiger partial charge is 0.326 e. The number of carbonyl (C=O) groups is 2. The van der Waals surface area contributed by atoms with E-state index >= 15 is 0 Å². The molecule has 0 aliphatic heterocycles. The molecule has 2 amide bonds. The molecule has 0 spiro atoms. The van der Waals surface area contributed by atoms with Gasteiger partial charge in [0.1, 0.15) is 0 Å². The number of hydrazone groups is 2. The second-order valence-electron chi connectivity index (χ2n) is 7.79. The number of nitrogens with zero attached hydrogens (tertiary/aromatic N) is 4. The summed E-state index contributed by atoms with van der Waals surface area (Å²) in [7, 11) is 0. The molecule has 0 radical (unpaired) electrons. The first-order valence-electron chi connectivity index (χ1n) is 11.1. The van der Waals surface area contributed by atoms with Crippen molar-refractivity contribution in [3.63, 3.8) is 0 Å². The zero-order valence-corrected chi connectivity index (χ0v) is 19.7. The van der Waals surface area contributed by atoms with Gasteiger partial charge in [-0.3, -0.25) is 20.4 Å². The molecule has 4 aromatic rings. The van der Waals surface area contributed by atoms with E-state index in [1.165, 1.54) is 13.8 Å². The average Bonchev–Trinajstić information content (AvgIpc) is 2.86. The molecule has 0 saturated carbocycles. The number of anilines is 4. The number of rotatable bonds is 8. The van der Waals surface area contributed by atoms with Crippen molar-refractivity contribution in [1.29, 1.82) is 0 Å². The second kappa shape index (κ2) is 11.3. The van der Waals surface area contributed by atoms with Crippen molar-refractivity contribution < 1.29 is 9.59 Å². The maximum Gasteiger partial charge on any atom is 0.221 e. The zero-order valence-electron chi connectivity index (χ0n) is 19.7. The van der Waals surface area contributed by atoms with Gasteiger partial charge in [-0.05, 0) is 35.4 Å². The van der Waals surface area contributed by atoms with Crippen LogP contribution in [-0.2, 0) is 9.59 Å². The standard InChI is InChI=1S/C26H24N8O2/c1-17(35)29-21-11-7-19(8-12-21)15-27-31-25-23-5-3-4-6-24(23)26(34-33-25)32-28-16-20-9-13-22(14-10-20)30-18(2)36/h3-16H,1-2H3,(H,29,35)(H,30,36)(H,31,33)(H,32,34)/b27-15+,28-16+. The van der Waals surface area contributed by atoms with E-state index in [0.29, 0.717) is 11.6 Å². The molecule has 0 fully saturated rings. The number of fused-ring (bicyclic) bond motifs is 1. The van der Waals surface area contributed by atoms with E-state index in [9.17, 15) is 9.59 Å². The van der Waals surface area contributed by atoms with Crippen LogP contribution in [0.1, 0.15) is 25.0 Å². The summed E-state index contributed by atoms with van der Waals surface area (Å²) in [6.07, 6.45) is 3.31. The predicted molar refractivity (Wildman–Crippen MR) is 143 cm³/mol. The second-order valence-corrected chi connectivity index (χ2v) is 7.79. The fraction of sp³-hybridized carbons (Fsp3) is 0.0769. The van der Waals surface area contributed by atoms with Crippen molar-refractivity contribution in [3.05, 3.63) is 83.9 Å². The number of amides is 2. The SMILES string of the molecule is CC(=O)Nc1ccc(/C=N/Nc2nnc(N/N=C/c3ccc(NC(C)=O)cc3)c3ccccc23)cc1. The Hall–Kier alpha value is -5.12. The third kappa shape index (κ3) is 6.48. The van der Waals surface area contributed by atoms with Crippen LogP contribution in [0, 0.1) is 0 Å². The highest BCUT2D eigenvalue weighted by Gasteiger charge is 2.08. The lowest BCUT2D eigenvalue weighted by Gasteiger charge is -2.08. The lowest BCUT2D eigenvalue weighted by Crippen LogP contribution is -2.05. The van der Waals surface area contributed by atoms with Gasteiger partial charge in [0.2, 0.25) is 11.8 Å². The van der Waals surface area contributed by atoms with E-state index in [2.05, 4.69) is 41.9 Å². The van der Waals surface area contributed by atoms with Gasteiger partial charge in [-0.25, -0.2) is 0 Å². The Bertz CT molecular complexity index is 1320. The molecule has 36 heavy (non-hydrogen) atoms. The maximum atomic E-state index is 11.1. The van der Waals surface area contributed by atoms with Crippen molar-refractivity contribution in [1.82, 2.24) is 10.2 Å². The Morgan fingerprint density at radius 2 is 1.03 bits per heavy atom. The Morgan fingerprint density at radius 3 is 1.39 bits per heavy atom. The predicted octanol–water partition coefficient (Wildman–Crippen LogP) is 4.44. The van der Waals surface area contributed by atoms with Crippen molar-refractivity contribution in [3.8, 4) is 0 Å². The summed E-state index contributed by atoms with van der Waals surface area (Å²) < 4.78 is 0. The summed E-state index contributed by atoms with van der Waals surface area (Å²) in [6, 6.07) is 22.2. The molecular formula is C26H24N8O2. The van der Waals surface area contributed by atoms with Gasteiger partial charge >= 0.3 is 0 Å². The Balaban J connectivity index is 1.44. The third-order valence-electron chi connectivity index (χ3n) is 4.92. The van der Waals surface area contributed by atoms with Gasteiger partial charge in [-0.15, -0.1) is 10.2 Å². The molecule has 0 aliphatic rings. The van der Waals surface area contributed by atoms with Gasteiger partial charge in [0.15, 0.2) is 11.6 Å². The van der Waals surface area contributed by atoms with Crippen molar-refractivity contribution in [2.75, 3.05) is 21.5 Å². The van der Waals surface area contributed by atoms with Gasteiger partial charge < -0.3 is 10.6 Å². The fourth-order valence-electron chi connectivity index (χ4n) is 3.32. The molecule has 10 heteroatoms. The van der Waals surface area contributed by atoms with Crippen LogP contribution in [0.15, 0.2) is 83.0 Å². The van der Waals surface area contributed by atoms with Crippen molar-refractivity contribution >= 4 is 58.0 Å². The first-order chi connectivity index (χ1) is 17.5. The topological polar surface area (TPSA) is 133 Å². The monoisotopic (exact) mass is 480 g/mol. The van der Waals surface area contributed by atoms with E-state index in [-0.39, 0.29) is 11.8 Å². The molecular weight excluding hydrogens is 456 g/mol. The highest BCUT2D eigenvalue weighted by atomic mass is 16.2. The van der Waals surface area contributed by atoms with Gasteiger partial charge in [0, 0.05) is 36.0 Å². The van der Waals surface area contributed by atoms with Gasteiger partial charge in [0.05, 0.1) is 12.4 Å². The van der Waals surface area contributed by atoms with Crippen LogP contribution < -0.4 is 21.5 Å². The molecule has 3 aromatic carbocycles. The summed E-state index contributed by atoms with van der Waals surface area (Å²) in [5.41, 5.74) is 9.03. The van der Waals surface area contributed by atoms with Crippen LogP contribution in [0.25, 0.3) is 10.8 Å². The minimum atomic E-state index is -0.121. The molecule has 1 heterocycles. The Kier molecular flexibility index (Phi) is 7.57.